The van der Waals surface area contributed by atoms with E-state index in [4.69, 9.17) is 19.4 Å². The summed E-state index contributed by atoms with van der Waals surface area (Å²) >= 11 is -1.64. The fourth-order valence-electron chi connectivity index (χ4n) is 0.930. The molecule has 0 saturated carbocycles. The van der Waals surface area contributed by atoms with E-state index in [9.17, 15) is 0 Å². The van der Waals surface area contributed by atoms with Gasteiger partial charge in [0.05, 0.1) is 0 Å². The molecule has 0 bridgehead atoms. The van der Waals surface area contributed by atoms with Crippen LogP contribution in [0, 0.1) is 0 Å². The molecule has 0 fully saturated rings. The number of hydrogen-bond donors (Lipinski definition) is 0. The van der Waals surface area contributed by atoms with Gasteiger partial charge in [-0.1, -0.05) is 0 Å². The van der Waals surface area contributed by atoms with E-state index in [1.165, 1.54) is 11.1 Å². The number of benzene rings is 1. The van der Waals surface area contributed by atoms with Crippen molar-refractivity contribution < 1.29 is 13.5 Å². The summed E-state index contributed by atoms with van der Waals surface area (Å²) in [6, 6.07) is 10.2. The van der Waals surface area contributed by atoms with Gasteiger partial charge >= 0.3 is 92.0 Å². The molecule has 1 aromatic carbocycles. The van der Waals surface area contributed by atoms with Gasteiger partial charge in [-0.15, -0.1) is 0 Å². The summed E-state index contributed by atoms with van der Waals surface area (Å²) in [6.45, 7) is 2.05. The second-order valence-corrected chi connectivity index (χ2v) is 8.34. The second-order valence-electron chi connectivity index (χ2n) is 2.54. The maximum absolute atomic E-state index is 5.72. The summed E-state index contributed by atoms with van der Waals surface area (Å²) in [4.78, 5) is 0. The van der Waals surface area contributed by atoms with Crippen molar-refractivity contribution in [2.75, 3.05) is 0 Å². The molecule has 13 heavy (non-hydrogen) atoms. The van der Waals surface area contributed by atoms with Gasteiger partial charge in [-0.2, -0.15) is 0 Å². The molecular weight excluding hydrogens is 292 g/mol. The molecule has 0 N–H and O–H groups in total. The monoisotopic (exact) mass is 302 g/mol. The van der Waals surface area contributed by atoms with Crippen LogP contribution in [-0.2, 0) is 13.5 Å². The Hall–Kier alpha value is 0.0334. The molecule has 0 unspecified atom stereocenters. The Kier molecular flexibility index (Phi) is 4.87. The molecule has 0 spiro atoms. The minimum absolute atomic E-state index is 1.20. The van der Waals surface area contributed by atoms with Gasteiger partial charge in [0.2, 0.25) is 0 Å². The van der Waals surface area contributed by atoms with Crippen LogP contribution in [-0.4, -0.2) is 4.61 Å². The van der Waals surface area contributed by atoms with E-state index in [0.29, 0.717) is 0 Å². The fraction of sp³-hybridized carbons (Fsp3) is 0.100. The summed E-state index contributed by atoms with van der Waals surface area (Å²) in [7, 11) is 11.4. The number of allylic oxidation sites excluding steroid dienone is 2. The van der Waals surface area contributed by atoms with Gasteiger partial charge in [0.1, 0.15) is 0 Å². The Morgan fingerprint density at radius 3 is 2.38 bits per heavy atom. The molecule has 1 aromatic rings. The first-order valence-electron chi connectivity index (χ1n) is 3.75. The Balaban J connectivity index is 2.86. The van der Waals surface area contributed by atoms with Crippen molar-refractivity contribution in [1.29, 1.82) is 0 Å². The van der Waals surface area contributed by atoms with E-state index in [2.05, 4.69) is 19.1 Å². The van der Waals surface area contributed by atoms with Crippen molar-refractivity contribution in [3.8, 4) is 0 Å². The summed E-state index contributed by atoms with van der Waals surface area (Å²) in [5.41, 5.74) is 2.41. The summed E-state index contributed by atoms with van der Waals surface area (Å²) < 4.78 is 1.90. The Morgan fingerprint density at radius 2 is 1.85 bits per heavy atom. The number of rotatable bonds is 2. The van der Waals surface area contributed by atoms with Crippen LogP contribution in [0.15, 0.2) is 36.4 Å². The van der Waals surface area contributed by atoms with Gasteiger partial charge in [0.15, 0.2) is 0 Å². The maximum atomic E-state index is 5.72. The molecular formula is C10H10Cl2Ru. The zero-order chi connectivity index (χ0) is 9.68. The normalized spacial score (nSPS) is 12.5. The molecule has 3 heteroatoms. The molecule has 0 heterocycles. The third kappa shape index (κ3) is 4.18. The Bertz CT molecular complexity index is 324. The van der Waals surface area contributed by atoms with Gasteiger partial charge < -0.3 is 0 Å². The molecule has 0 aromatic heterocycles. The quantitative estimate of drug-likeness (QED) is 0.729. The van der Waals surface area contributed by atoms with E-state index in [-0.39, 0.29) is 0 Å². The summed E-state index contributed by atoms with van der Waals surface area (Å²) in [5, 5.41) is 0. The van der Waals surface area contributed by atoms with Crippen LogP contribution >= 0.6 is 19.4 Å². The number of hydrogen-bond acceptors (Lipinski definition) is 0. The van der Waals surface area contributed by atoms with E-state index in [0.717, 1.165) is 0 Å². The third-order valence-corrected chi connectivity index (χ3v) is 3.41. The molecule has 1 rings (SSSR count). The van der Waals surface area contributed by atoms with Crippen LogP contribution in [0.1, 0.15) is 12.5 Å². The summed E-state index contributed by atoms with van der Waals surface area (Å²) in [5.74, 6) is 0. The van der Waals surface area contributed by atoms with Crippen molar-refractivity contribution in [3.05, 3.63) is 42.0 Å². The molecule has 0 aliphatic carbocycles. The average molecular weight is 302 g/mol. The van der Waals surface area contributed by atoms with Crippen molar-refractivity contribution in [2.24, 2.45) is 0 Å². The van der Waals surface area contributed by atoms with Crippen LogP contribution in [0.4, 0.5) is 0 Å². The molecule has 0 nitrogen and oxygen atoms in total. The third-order valence-electron chi connectivity index (χ3n) is 1.63. The van der Waals surface area contributed by atoms with Crippen molar-refractivity contribution in [1.82, 2.24) is 0 Å². The predicted molar refractivity (Wildman–Crippen MR) is 57.9 cm³/mol. The van der Waals surface area contributed by atoms with E-state index >= 15 is 0 Å². The first-order valence-corrected chi connectivity index (χ1v) is 9.23. The van der Waals surface area contributed by atoms with Crippen molar-refractivity contribution in [3.63, 3.8) is 0 Å². The van der Waals surface area contributed by atoms with E-state index in [1.807, 2.05) is 28.9 Å². The van der Waals surface area contributed by atoms with Gasteiger partial charge in [0, 0.05) is 0 Å². The van der Waals surface area contributed by atoms with Gasteiger partial charge in [-0.25, -0.2) is 0 Å². The van der Waals surface area contributed by atoms with Crippen molar-refractivity contribution in [2.45, 2.75) is 6.92 Å². The Morgan fingerprint density at radius 1 is 1.23 bits per heavy atom. The summed E-state index contributed by atoms with van der Waals surface area (Å²) in [6.07, 6.45) is 1.99. The standard InChI is InChI=1S/C10H10.2ClH.Ru/c1-3-9(2)10-7-5-4-6-8-10;;;/h1,3-8H,2H3;2*1H;/q;;;+2/p-2/b9-3-;;;. The fourth-order valence-corrected chi connectivity index (χ4v) is 2.11. The topological polar surface area (TPSA) is 0 Å². The molecule has 0 radical (unpaired) electrons. The van der Waals surface area contributed by atoms with E-state index in [1.54, 1.807) is 0 Å². The SMILES string of the molecule is C/C(=C/[CH]=[Ru]([Cl])[Cl])c1ccccc1. The first-order chi connectivity index (χ1) is 6.20. The zero-order valence-electron chi connectivity index (χ0n) is 7.15. The molecule has 0 saturated heterocycles. The van der Waals surface area contributed by atoms with E-state index < -0.39 is 13.5 Å². The molecule has 0 atom stereocenters. The first kappa shape index (κ1) is 11.1. The van der Waals surface area contributed by atoms with Crippen LogP contribution in [0.5, 0.6) is 0 Å². The van der Waals surface area contributed by atoms with Gasteiger partial charge in [-0.3, -0.25) is 0 Å². The molecule has 0 amide bonds. The predicted octanol–water partition coefficient (Wildman–Crippen LogP) is 3.82. The van der Waals surface area contributed by atoms with Gasteiger partial charge in [-0.05, 0) is 0 Å². The molecule has 0 aliphatic rings. The van der Waals surface area contributed by atoms with Crippen LogP contribution < -0.4 is 0 Å². The second kappa shape index (κ2) is 5.70. The Labute approximate surface area is 91.7 Å². The number of halogens is 2. The molecule has 0 aliphatic heterocycles. The van der Waals surface area contributed by atoms with Gasteiger partial charge in [0.25, 0.3) is 0 Å². The average Bonchev–Trinajstić information content (AvgIpc) is 2.15. The van der Waals surface area contributed by atoms with Crippen LogP contribution in [0.3, 0.4) is 0 Å². The zero-order valence-corrected chi connectivity index (χ0v) is 10.4. The van der Waals surface area contributed by atoms with Crippen LogP contribution in [0.2, 0.25) is 0 Å². The minimum atomic E-state index is -1.64. The van der Waals surface area contributed by atoms with Crippen LogP contribution in [0.25, 0.3) is 5.57 Å². The molecule has 72 valence electrons. The van der Waals surface area contributed by atoms with Crippen molar-refractivity contribution >= 4 is 29.6 Å².